The zero-order valence-corrected chi connectivity index (χ0v) is 12.7. The molecular formula is C15H24N2OS. The molecule has 0 spiro atoms. The van der Waals surface area contributed by atoms with E-state index < -0.39 is 0 Å². The van der Waals surface area contributed by atoms with E-state index in [2.05, 4.69) is 24.8 Å². The number of rotatable bonds is 3. The predicted octanol–water partition coefficient (Wildman–Crippen LogP) is 2.62. The summed E-state index contributed by atoms with van der Waals surface area (Å²) in [6, 6.07) is 3.29. The zero-order chi connectivity index (χ0) is 13.4. The highest BCUT2D eigenvalue weighted by Crippen LogP contribution is 2.37. The Morgan fingerprint density at radius 1 is 1.47 bits per heavy atom. The van der Waals surface area contributed by atoms with Crippen LogP contribution in [0.5, 0.6) is 0 Å². The van der Waals surface area contributed by atoms with Crippen LogP contribution in [0.1, 0.15) is 40.6 Å². The van der Waals surface area contributed by atoms with E-state index in [-0.39, 0.29) is 0 Å². The summed E-state index contributed by atoms with van der Waals surface area (Å²) in [6.07, 6.45) is 4.23. The zero-order valence-electron chi connectivity index (χ0n) is 11.9. The molecule has 1 saturated heterocycles. The molecule has 1 aliphatic heterocycles. The summed E-state index contributed by atoms with van der Waals surface area (Å²) in [5, 5.41) is 0. The minimum Gasteiger partial charge on any atom is -0.375 e. The lowest BCUT2D eigenvalue weighted by Gasteiger charge is -2.42. The second-order valence-electron chi connectivity index (χ2n) is 5.77. The Labute approximate surface area is 119 Å². The first kappa shape index (κ1) is 13.6. The van der Waals surface area contributed by atoms with E-state index >= 15 is 0 Å². The Morgan fingerprint density at radius 3 is 3.00 bits per heavy atom. The van der Waals surface area contributed by atoms with Crippen molar-refractivity contribution in [2.45, 2.75) is 51.3 Å². The van der Waals surface area contributed by atoms with Crippen molar-refractivity contribution in [1.29, 1.82) is 0 Å². The summed E-state index contributed by atoms with van der Waals surface area (Å²) in [5.74, 6) is 0. The summed E-state index contributed by atoms with van der Waals surface area (Å²) >= 11 is 1.89. The van der Waals surface area contributed by atoms with Crippen molar-refractivity contribution < 1.29 is 4.74 Å². The molecule has 4 heteroatoms. The van der Waals surface area contributed by atoms with E-state index in [1.807, 2.05) is 11.3 Å². The van der Waals surface area contributed by atoms with Gasteiger partial charge in [0.15, 0.2) is 0 Å². The van der Waals surface area contributed by atoms with E-state index in [0.717, 1.165) is 13.2 Å². The van der Waals surface area contributed by atoms with Gasteiger partial charge in [0, 0.05) is 34.9 Å². The molecule has 1 aliphatic carbocycles. The van der Waals surface area contributed by atoms with Gasteiger partial charge in [-0.3, -0.25) is 4.90 Å². The number of thiophene rings is 1. The lowest BCUT2D eigenvalue weighted by molar-refractivity contribution is -0.0711. The largest absolute Gasteiger partial charge is 0.375 e. The van der Waals surface area contributed by atoms with Crippen molar-refractivity contribution >= 4 is 11.3 Å². The molecule has 106 valence electrons. The van der Waals surface area contributed by atoms with Gasteiger partial charge >= 0.3 is 0 Å². The summed E-state index contributed by atoms with van der Waals surface area (Å²) in [7, 11) is 0. The van der Waals surface area contributed by atoms with Crippen molar-refractivity contribution in [2.75, 3.05) is 19.7 Å². The monoisotopic (exact) mass is 280 g/mol. The molecule has 0 bridgehead atoms. The molecule has 1 aromatic rings. The van der Waals surface area contributed by atoms with Crippen molar-refractivity contribution in [3.05, 3.63) is 21.4 Å². The molecule has 3 nitrogen and oxygen atoms in total. The molecule has 0 radical (unpaired) electrons. The third-order valence-electron chi connectivity index (χ3n) is 4.59. The molecule has 1 aromatic heterocycles. The Kier molecular flexibility index (Phi) is 3.94. The third kappa shape index (κ3) is 2.47. The van der Waals surface area contributed by atoms with Crippen LogP contribution in [-0.4, -0.2) is 36.7 Å². The topological polar surface area (TPSA) is 38.5 Å². The number of hydrogen-bond donors (Lipinski definition) is 1. The fourth-order valence-corrected chi connectivity index (χ4v) is 4.75. The van der Waals surface area contributed by atoms with Crippen LogP contribution in [0.4, 0.5) is 0 Å². The molecule has 0 aromatic carbocycles. The number of ether oxygens (including phenoxy) is 1. The predicted molar refractivity (Wildman–Crippen MR) is 79.7 cm³/mol. The third-order valence-corrected chi connectivity index (χ3v) is 5.57. The van der Waals surface area contributed by atoms with Crippen LogP contribution in [0.2, 0.25) is 0 Å². The molecule has 3 atom stereocenters. The van der Waals surface area contributed by atoms with Crippen molar-refractivity contribution in [1.82, 2.24) is 4.90 Å². The minimum absolute atomic E-state index is 0.374. The number of morpholine rings is 1. The molecule has 3 rings (SSSR count). The summed E-state index contributed by atoms with van der Waals surface area (Å²) < 4.78 is 5.92. The highest BCUT2D eigenvalue weighted by atomic mass is 32.1. The molecule has 2 fully saturated rings. The Hall–Kier alpha value is -0.420. The highest BCUT2D eigenvalue weighted by Gasteiger charge is 2.39. The molecular weight excluding hydrogens is 256 g/mol. The first-order chi connectivity index (χ1) is 9.20. The number of nitrogens with zero attached hydrogens (tertiary/aromatic N) is 1. The summed E-state index contributed by atoms with van der Waals surface area (Å²) in [6.45, 7) is 7.01. The van der Waals surface area contributed by atoms with Crippen LogP contribution < -0.4 is 5.73 Å². The number of aryl methyl sites for hydroxylation is 2. The van der Waals surface area contributed by atoms with Gasteiger partial charge in [0.05, 0.1) is 12.7 Å². The molecule has 0 amide bonds. The van der Waals surface area contributed by atoms with E-state index in [1.165, 1.54) is 34.6 Å². The first-order valence-electron chi connectivity index (χ1n) is 7.35. The van der Waals surface area contributed by atoms with Crippen LogP contribution in [0.25, 0.3) is 0 Å². The van der Waals surface area contributed by atoms with E-state index in [9.17, 15) is 0 Å². The summed E-state index contributed by atoms with van der Waals surface area (Å²) in [5.41, 5.74) is 7.56. The second kappa shape index (κ2) is 5.52. The quantitative estimate of drug-likeness (QED) is 0.925. The van der Waals surface area contributed by atoms with E-state index in [0.29, 0.717) is 24.7 Å². The van der Waals surface area contributed by atoms with Gasteiger partial charge in [-0.05, 0) is 44.7 Å². The standard InChI is InChI=1S/C15H24N2OS/c1-10-8-12(11(2)19-10)14(9-16)17-6-7-18-15-5-3-4-13(15)17/h8,13-15H,3-7,9,16H2,1-2H3. The second-order valence-corrected chi connectivity index (χ2v) is 7.23. The van der Waals surface area contributed by atoms with E-state index in [1.54, 1.807) is 0 Å². The fourth-order valence-electron chi connectivity index (χ4n) is 3.76. The van der Waals surface area contributed by atoms with Crippen LogP contribution in [0, 0.1) is 13.8 Å². The molecule has 2 heterocycles. The molecule has 2 N–H and O–H groups in total. The van der Waals surface area contributed by atoms with Gasteiger partial charge in [0.1, 0.15) is 0 Å². The van der Waals surface area contributed by atoms with Crippen LogP contribution in [0.15, 0.2) is 6.07 Å². The maximum Gasteiger partial charge on any atom is 0.0731 e. The van der Waals surface area contributed by atoms with Gasteiger partial charge in [-0.1, -0.05) is 0 Å². The van der Waals surface area contributed by atoms with Crippen LogP contribution >= 0.6 is 11.3 Å². The lowest BCUT2D eigenvalue weighted by atomic mass is 10.0. The Balaban J connectivity index is 1.87. The average molecular weight is 280 g/mol. The van der Waals surface area contributed by atoms with Gasteiger partial charge in [0.25, 0.3) is 0 Å². The normalized spacial score (nSPS) is 29.4. The van der Waals surface area contributed by atoms with Crippen molar-refractivity contribution in [2.24, 2.45) is 5.73 Å². The van der Waals surface area contributed by atoms with Gasteiger partial charge in [-0.2, -0.15) is 0 Å². The Morgan fingerprint density at radius 2 is 2.32 bits per heavy atom. The maximum atomic E-state index is 6.12. The van der Waals surface area contributed by atoms with E-state index in [4.69, 9.17) is 10.5 Å². The SMILES string of the molecule is Cc1cc(C(CN)N2CCOC3CCCC32)c(C)s1. The van der Waals surface area contributed by atoms with Crippen molar-refractivity contribution in [3.8, 4) is 0 Å². The Bertz CT molecular complexity index is 445. The van der Waals surface area contributed by atoms with Crippen LogP contribution in [-0.2, 0) is 4.74 Å². The maximum absolute atomic E-state index is 6.12. The van der Waals surface area contributed by atoms with Gasteiger partial charge in [0.2, 0.25) is 0 Å². The number of fused-ring (bicyclic) bond motifs is 1. The molecule has 1 saturated carbocycles. The lowest BCUT2D eigenvalue weighted by Crippen LogP contribution is -2.51. The van der Waals surface area contributed by atoms with Crippen LogP contribution in [0.3, 0.4) is 0 Å². The van der Waals surface area contributed by atoms with Gasteiger partial charge in [-0.25, -0.2) is 0 Å². The molecule has 2 aliphatic rings. The molecule has 3 unspecified atom stereocenters. The molecule has 19 heavy (non-hydrogen) atoms. The fraction of sp³-hybridized carbons (Fsp3) is 0.733. The summed E-state index contributed by atoms with van der Waals surface area (Å²) in [4.78, 5) is 5.44. The average Bonchev–Trinajstić information content (AvgIpc) is 2.98. The highest BCUT2D eigenvalue weighted by molar-refractivity contribution is 7.12. The van der Waals surface area contributed by atoms with Gasteiger partial charge in [-0.15, -0.1) is 11.3 Å². The minimum atomic E-state index is 0.374. The first-order valence-corrected chi connectivity index (χ1v) is 8.16. The van der Waals surface area contributed by atoms with Gasteiger partial charge < -0.3 is 10.5 Å². The smallest absolute Gasteiger partial charge is 0.0731 e. The van der Waals surface area contributed by atoms with Crippen molar-refractivity contribution in [3.63, 3.8) is 0 Å². The number of nitrogens with two attached hydrogens (primary N) is 1. The number of hydrogen-bond acceptors (Lipinski definition) is 4.